The van der Waals surface area contributed by atoms with Gasteiger partial charge in [-0.15, -0.1) is 12.1 Å². The van der Waals surface area contributed by atoms with Gasteiger partial charge >= 0.3 is 23.1 Å². The third kappa shape index (κ3) is 7.35. The molecule has 1 rings (SSSR count). The van der Waals surface area contributed by atoms with Gasteiger partial charge in [-0.05, 0) is 5.92 Å². The number of benzene rings is 1. The molecule has 0 N–H and O–H groups in total. The van der Waals surface area contributed by atoms with Crippen molar-refractivity contribution in [3.8, 4) is 5.75 Å². The number of hydrogen-bond donors (Lipinski definition) is 0. The van der Waals surface area contributed by atoms with Crippen molar-refractivity contribution < 1.29 is 21.7 Å². The van der Waals surface area contributed by atoms with Crippen molar-refractivity contribution in [1.29, 1.82) is 0 Å². The molecule has 0 aliphatic carbocycles. The van der Waals surface area contributed by atoms with Crippen LogP contribution in [0.4, 0.5) is 0 Å². The fraction of sp³-hybridized carbons (Fsp3) is 0.400. The molecule has 0 spiro atoms. The van der Waals surface area contributed by atoms with Gasteiger partial charge in [0.25, 0.3) is 0 Å². The van der Waals surface area contributed by atoms with Crippen molar-refractivity contribution in [1.82, 2.24) is 0 Å². The van der Waals surface area contributed by atoms with Gasteiger partial charge < -0.3 is 21.7 Å². The first kappa shape index (κ1) is 15.7. The fourth-order valence-electron chi connectivity index (χ4n) is 0.730. The second-order valence-electron chi connectivity index (χ2n) is 2.94. The normalized spacial score (nSPS) is 8.54. The van der Waals surface area contributed by atoms with Gasteiger partial charge in [0.2, 0.25) is 0 Å². The Bertz CT molecular complexity index is 201. The van der Waals surface area contributed by atoms with Crippen LogP contribution in [0.5, 0.6) is 5.75 Å². The summed E-state index contributed by atoms with van der Waals surface area (Å²) in [6.07, 6.45) is 0. The van der Waals surface area contributed by atoms with E-state index in [0.29, 0.717) is 5.92 Å². The predicted molar refractivity (Wildman–Crippen MR) is 51.4 cm³/mol. The number of ether oxygens (including phenoxy) is 1. The molecule has 0 atom stereocenters. The molecule has 0 saturated carbocycles. The van der Waals surface area contributed by atoms with Crippen LogP contribution in [0.1, 0.15) is 13.8 Å². The van der Waals surface area contributed by atoms with Crippen LogP contribution in [-0.4, -0.2) is 29.7 Å². The van der Waals surface area contributed by atoms with Crippen LogP contribution in [0, 0.1) is 12.0 Å². The maximum atomic E-state index is 5.44. The standard InChI is InChI=1S/C10H13O.BrH.Mg/c1-9(2)8-11-10-6-4-3-5-7-10;;/h3-4,6-7,9H,8H2,1-2H3;1H;/q-1;;+2/p-1. The molecule has 0 unspecified atom stereocenters. The van der Waals surface area contributed by atoms with Crippen LogP contribution < -0.4 is 21.7 Å². The topological polar surface area (TPSA) is 9.23 Å². The van der Waals surface area contributed by atoms with Crippen molar-refractivity contribution in [3.05, 3.63) is 30.3 Å². The third-order valence-corrected chi connectivity index (χ3v) is 1.26. The fourth-order valence-corrected chi connectivity index (χ4v) is 0.730. The minimum atomic E-state index is 0. The van der Waals surface area contributed by atoms with E-state index >= 15 is 0 Å². The first-order valence-electron chi connectivity index (χ1n) is 3.88. The Morgan fingerprint density at radius 2 is 2.15 bits per heavy atom. The SMILES string of the molecule is CC(C)COc1c[c-]ccc1.[Br-].[Mg+2]. The molecule has 68 valence electrons. The molecular formula is C10H13BrMgO. The second-order valence-corrected chi connectivity index (χ2v) is 2.94. The maximum Gasteiger partial charge on any atom is 2.00 e. The van der Waals surface area contributed by atoms with Crippen LogP contribution in [0.25, 0.3) is 0 Å². The molecule has 0 saturated heterocycles. The Morgan fingerprint density at radius 1 is 1.46 bits per heavy atom. The van der Waals surface area contributed by atoms with Crippen molar-refractivity contribution in [2.24, 2.45) is 5.92 Å². The van der Waals surface area contributed by atoms with Gasteiger partial charge in [-0.1, -0.05) is 13.8 Å². The van der Waals surface area contributed by atoms with E-state index in [1.807, 2.05) is 24.3 Å². The first-order chi connectivity index (χ1) is 5.29. The molecule has 0 radical (unpaired) electrons. The van der Waals surface area contributed by atoms with Crippen LogP contribution in [0.2, 0.25) is 0 Å². The molecule has 3 heteroatoms. The van der Waals surface area contributed by atoms with Crippen LogP contribution >= 0.6 is 0 Å². The Morgan fingerprint density at radius 3 is 2.62 bits per heavy atom. The van der Waals surface area contributed by atoms with Gasteiger partial charge in [-0.25, -0.2) is 0 Å². The van der Waals surface area contributed by atoms with E-state index < -0.39 is 0 Å². The minimum absolute atomic E-state index is 0. The summed E-state index contributed by atoms with van der Waals surface area (Å²) >= 11 is 0. The van der Waals surface area contributed by atoms with E-state index in [1.165, 1.54) is 0 Å². The summed E-state index contributed by atoms with van der Waals surface area (Å²) in [6.45, 7) is 5.04. The van der Waals surface area contributed by atoms with E-state index in [4.69, 9.17) is 4.74 Å². The van der Waals surface area contributed by atoms with E-state index in [0.717, 1.165) is 12.4 Å². The Kier molecular flexibility index (Phi) is 10.7. The van der Waals surface area contributed by atoms with Crippen molar-refractivity contribution in [2.45, 2.75) is 13.8 Å². The molecule has 0 amide bonds. The van der Waals surface area contributed by atoms with Gasteiger partial charge in [0.1, 0.15) is 0 Å². The first-order valence-corrected chi connectivity index (χ1v) is 3.88. The maximum absolute atomic E-state index is 5.44. The van der Waals surface area contributed by atoms with E-state index in [9.17, 15) is 0 Å². The Hall–Kier alpha value is 0.266. The Balaban J connectivity index is 0. The number of rotatable bonds is 3. The zero-order chi connectivity index (χ0) is 8.10. The molecule has 1 nitrogen and oxygen atoms in total. The largest absolute Gasteiger partial charge is 2.00 e. The zero-order valence-corrected chi connectivity index (χ0v) is 11.1. The van der Waals surface area contributed by atoms with Gasteiger partial charge in [0, 0.05) is 5.75 Å². The summed E-state index contributed by atoms with van der Waals surface area (Å²) in [5, 5.41) is 0. The molecule has 0 fully saturated rings. The van der Waals surface area contributed by atoms with Crippen LogP contribution in [0.15, 0.2) is 24.3 Å². The van der Waals surface area contributed by atoms with Crippen LogP contribution in [-0.2, 0) is 0 Å². The minimum Gasteiger partial charge on any atom is -1.00 e. The summed E-state index contributed by atoms with van der Waals surface area (Å²) in [6, 6.07) is 10.5. The van der Waals surface area contributed by atoms with Gasteiger partial charge in [0.05, 0.1) is 6.61 Å². The van der Waals surface area contributed by atoms with Gasteiger partial charge in [-0.3, -0.25) is 0 Å². The van der Waals surface area contributed by atoms with Crippen molar-refractivity contribution in [2.75, 3.05) is 6.61 Å². The average Bonchev–Trinajstić information content (AvgIpc) is 2.03. The average molecular weight is 253 g/mol. The molecule has 1 aromatic rings. The zero-order valence-electron chi connectivity index (χ0n) is 8.09. The molecule has 1 aromatic carbocycles. The number of halogens is 1. The summed E-state index contributed by atoms with van der Waals surface area (Å²) in [7, 11) is 0. The van der Waals surface area contributed by atoms with Gasteiger partial charge in [0.15, 0.2) is 0 Å². The smallest absolute Gasteiger partial charge is 1.00 e. The molecule has 0 aliphatic heterocycles. The molecule has 0 aliphatic rings. The number of hydrogen-bond acceptors (Lipinski definition) is 1. The summed E-state index contributed by atoms with van der Waals surface area (Å²) in [5.74, 6) is 1.48. The molecule has 13 heavy (non-hydrogen) atoms. The molecule has 0 heterocycles. The molecular weight excluding hydrogens is 240 g/mol. The summed E-state index contributed by atoms with van der Waals surface area (Å²) in [5.41, 5.74) is 0. The Labute approximate surface area is 107 Å². The predicted octanol–water partition coefficient (Wildman–Crippen LogP) is -0.855. The van der Waals surface area contributed by atoms with Gasteiger partial charge in [-0.2, -0.15) is 18.2 Å². The van der Waals surface area contributed by atoms with Crippen molar-refractivity contribution >= 4 is 23.1 Å². The monoisotopic (exact) mass is 252 g/mol. The molecule has 0 bridgehead atoms. The quantitative estimate of drug-likeness (QED) is 0.503. The van der Waals surface area contributed by atoms with Crippen LogP contribution in [0.3, 0.4) is 0 Å². The van der Waals surface area contributed by atoms with E-state index in [2.05, 4.69) is 19.9 Å². The summed E-state index contributed by atoms with van der Waals surface area (Å²) < 4.78 is 5.44. The van der Waals surface area contributed by atoms with E-state index in [-0.39, 0.29) is 40.0 Å². The molecule has 0 aromatic heterocycles. The van der Waals surface area contributed by atoms with Crippen molar-refractivity contribution in [3.63, 3.8) is 0 Å². The third-order valence-electron chi connectivity index (χ3n) is 1.26. The van der Waals surface area contributed by atoms with E-state index in [1.54, 1.807) is 0 Å². The second kappa shape index (κ2) is 8.85. The summed E-state index contributed by atoms with van der Waals surface area (Å²) in [4.78, 5) is 0.